The van der Waals surface area contributed by atoms with Gasteiger partial charge in [-0.3, -0.25) is 9.89 Å². The van der Waals surface area contributed by atoms with Crippen molar-refractivity contribution in [1.82, 2.24) is 15.5 Å². The fourth-order valence-corrected chi connectivity index (χ4v) is 4.92. The maximum absolute atomic E-state index is 12.4. The molecule has 0 aromatic carbocycles. The number of guanidine groups is 1. The molecule has 2 fully saturated rings. The van der Waals surface area contributed by atoms with Crippen molar-refractivity contribution in [3.8, 4) is 0 Å². The van der Waals surface area contributed by atoms with E-state index < -0.39 is 14.6 Å². The summed E-state index contributed by atoms with van der Waals surface area (Å²) in [5.74, 6) is 0.708. The molecule has 0 amide bonds. The summed E-state index contributed by atoms with van der Waals surface area (Å²) in [4.78, 5) is 7.11. The van der Waals surface area contributed by atoms with Crippen LogP contribution in [0, 0.1) is 0 Å². The lowest BCUT2D eigenvalue weighted by Gasteiger charge is -2.34. The molecule has 2 heterocycles. The van der Waals surface area contributed by atoms with E-state index in [1.165, 1.54) is 19.1 Å². The first-order valence-electron chi connectivity index (χ1n) is 9.45. The van der Waals surface area contributed by atoms with Gasteiger partial charge < -0.3 is 15.4 Å². The number of aliphatic imine (C=N–C) groups is 1. The van der Waals surface area contributed by atoms with Crippen molar-refractivity contribution in [2.75, 3.05) is 52.2 Å². The molecule has 1 atom stereocenters. The van der Waals surface area contributed by atoms with Gasteiger partial charge in [0.15, 0.2) is 15.8 Å². The Labute approximate surface area is 175 Å². The van der Waals surface area contributed by atoms with E-state index in [4.69, 9.17) is 4.74 Å². The Kier molecular flexibility index (Phi) is 10.1. The predicted molar refractivity (Wildman–Crippen MR) is 117 cm³/mol. The second-order valence-corrected chi connectivity index (χ2v) is 9.48. The Morgan fingerprint density at radius 3 is 2.54 bits per heavy atom. The largest absolute Gasteiger partial charge is 0.381 e. The van der Waals surface area contributed by atoms with E-state index in [0.29, 0.717) is 38.1 Å². The fourth-order valence-electron chi connectivity index (χ4n) is 3.71. The monoisotopic (exact) mass is 502 g/mol. The Bertz CT molecular complexity index is 550. The number of rotatable bonds is 7. The van der Waals surface area contributed by atoms with Crippen LogP contribution in [0.4, 0.5) is 0 Å². The van der Waals surface area contributed by atoms with Crippen LogP contribution >= 0.6 is 24.0 Å². The zero-order valence-electron chi connectivity index (χ0n) is 16.3. The SMILES string of the molecule is CCNC(=NCC1(S(C)(=O)=O)CCOCC1)NCC1CCCN1CC.I. The molecule has 0 spiro atoms. The second-order valence-electron chi connectivity index (χ2n) is 7.07. The summed E-state index contributed by atoms with van der Waals surface area (Å²) in [5.41, 5.74) is 0. The molecule has 2 aliphatic rings. The topological polar surface area (TPSA) is 83.0 Å². The molecule has 2 rings (SSSR count). The third kappa shape index (κ3) is 6.20. The van der Waals surface area contributed by atoms with Gasteiger partial charge >= 0.3 is 0 Å². The molecule has 0 aliphatic carbocycles. The fraction of sp³-hybridized carbons (Fsp3) is 0.941. The third-order valence-corrected chi connectivity index (χ3v) is 7.58. The van der Waals surface area contributed by atoms with Crippen molar-refractivity contribution >= 4 is 39.8 Å². The molecule has 9 heteroatoms. The average molecular weight is 502 g/mol. The van der Waals surface area contributed by atoms with Crippen LogP contribution in [0.1, 0.15) is 39.5 Å². The quantitative estimate of drug-likeness (QED) is 0.310. The van der Waals surface area contributed by atoms with Crippen molar-refractivity contribution in [3.05, 3.63) is 0 Å². The highest BCUT2D eigenvalue weighted by molar-refractivity contribution is 14.0. The molecular formula is C17H35IN4O3S. The first-order chi connectivity index (χ1) is 11.9. The molecule has 26 heavy (non-hydrogen) atoms. The third-order valence-electron chi connectivity index (χ3n) is 5.47. The number of nitrogens with one attached hydrogen (secondary N) is 2. The van der Waals surface area contributed by atoms with Gasteiger partial charge in [0.1, 0.15) is 0 Å². The van der Waals surface area contributed by atoms with Crippen molar-refractivity contribution in [3.63, 3.8) is 0 Å². The van der Waals surface area contributed by atoms with Crippen LogP contribution in [-0.2, 0) is 14.6 Å². The van der Waals surface area contributed by atoms with Gasteiger partial charge in [-0.25, -0.2) is 8.42 Å². The molecule has 2 aliphatic heterocycles. The summed E-state index contributed by atoms with van der Waals surface area (Å²) in [6, 6.07) is 0.529. The van der Waals surface area contributed by atoms with Crippen molar-refractivity contribution in [1.29, 1.82) is 0 Å². The van der Waals surface area contributed by atoms with Crippen LogP contribution < -0.4 is 10.6 Å². The summed E-state index contributed by atoms with van der Waals surface area (Å²) < 4.78 is 29.3. The second kappa shape index (κ2) is 11.0. The number of hydrogen-bond acceptors (Lipinski definition) is 5. The molecular weight excluding hydrogens is 467 g/mol. The molecule has 2 N–H and O–H groups in total. The number of nitrogens with zero attached hydrogens (tertiary/aromatic N) is 2. The molecule has 0 aromatic rings. The number of likely N-dealkylation sites (tertiary alicyclic amines) is 1. The van der Waals surface area contributed by atoms with Crippen molar-refractivity contribution in [2.45, 2.75) is 50.3 Å². The Hall–Kier alpha value is -0.130. The molecule has 0 aromatic heterocycles. The van der Waals surface area contributed by atoms with Crippen LogP contribution in [-0.4, -0.2) is 82.3 Å². The number of ether oxygens (including phenoxy) is 1. The minimum atomic E-state index is -3.19. The normalized spacial score (nSPS) is 24.1. The van der Waals surface area contributed by atoms with Gasteiger partial charge in [0, 0.05) is 38.6 Å². The molecule has 2 saturated heterocycles. The van der Waals surface area contributed by atoms with Gasteiger partial charge in [0.25, 0.3) is 0 Å². The van der Waals surface area contributed by atoms with Gasteiger partial charge in [0.05, 0.1) is 11.3 Å². The maximum Gasteiger partial charge on any atom is 0.191 e. The van der Waals surface area contributed by atoms with E-state index in [-0.39, 0.29) is 30.5 Å². The standard InChI is InChI=1S/C17H34N4O3S.HI/c1-4-18-16(19-13-15-7-6-10-21(15)5-2)20-14-17(25(3,22)23)8-11-24-12-9-17;/h15H,4-14H2,1-3H3,(H2,18,19,20);1H. The Balaban J connectivity index is 0.00000338. The van der Waals surface area contributed by atoms with Gasteiger partial charge in [0.2, 0.25) is 0 Å². The van der Waals surface area contributed by atoms with Crippen molar-refractivity contribution in [2.24, 2.45) is 4.99 Å². The van der Waals surface area contributed by atoms with Gasteiger partial charge in [-0.2, -0.15) is 0 Å². The molecule has 0 bridgehead atoms. The highest BCUT2D eigenvalue weighted by atomic mass is 127. The predicted octanol–water partition coefficient (Wildman–Crippen LogP) is 1.24. The van der Waals surface area contributed by atoms with Crippen LogP contribution in [0.25, 0.3) is 0 Å². The molecule has 0 saturated carbocycles. The summed E-state index contributed by atoms with van der Waals surface area (Å²) in [6.45, 7) is 9.29. The molecule has 1 unspecified atom stereocenters. The number of sulfone groups is 1. The van der Waals surface area contributed by atoms with E-state index in [2.05, 4.69) is 27.4 Å². The lowest BCUT2D eigenvalue weighted by Crippen LogP contribution is -2.48. The highest BCUT2D eigenvalue weighted by Gasteiger charge is 2.42. The first kappa shape index (κ1) is 23.9. The van der Waals surface area contributed by atoms with Gasteiger partial charge in [-0.15, -0.1) is 24.0 Å². The Morgan fingerprint density at radius 2 is 1.96 bits per heavy atom. The lowest BCUT2D eigenvalue weighted by molar-refractivity contribution is 0.0768. The highest BCUT2D eigenvalue weighted by Crippen LogP contribution is 2.29. The van der Waals surface area contributed by atoms with E-state index in [1.807, 2.05) is 6.92 Å². The van der Waals surface area contributed by atoms with Crippen LogP contribution in [0.2, 0.25) is 0 Å². The lowest BCUT2D eigenvalue weighted by atomic mass is 9.99. The minimum absolute atomic E-state index is 0. The molecule has 154 valence electrons. The van der Waals surface area contributed by atoms with Gasteiger partial charge in [-0.1, -0.05) is 6.92 Å². The van der Waals surface area contributed by atoms with E-state index >= 15 is 0 Å². The number of likely N-dealkylation sites (N-methyl/N-ethyl adjacent to an activating group) is 1. The zero-order valence-corrected chi connectivity index (χ0v) is 19.4. The Morgan fingerprint density at radius 1 is 1.27 bits per heavy atom. The van der Waals surface area contributed by atoms with Gasteiger partial charge in [-0.05, 0) is 45.7 Å². The van der Waals surface area contributed by atoms with Crippen LogP contribution in [0.5, 0.6) is 0 Å². The van der Waals surface area contributed by atoms with E-state index in [0.717, 1.165) is 26.2 Å². The smallest absolute Gasteiger partial charge is 0.191 e. The van der Waals surface area contributed by atoms with Crippen LogP contribution in [0.15, 0.2) is 4.99 Å². The summed E-state index contributed by atoms with van der Waals surface area (Å²) in [6.07, 6.45) is 4.80. The minimum Gasteiger partial charge on any atom is -0.381 e. The molecule has 0 radical (unpaired) electrons. The summed E-state index contributed by atoms with van der Waals surface area (Å²) in [7, 11) is -3.19. The molecule has 7 nitrogen and oxygen atoms in total. The average Bonchev–Trinajstić information content (AvgIpc) is 3.05. The van der Waals surface area contributed by atoms with Crippen LogP contribution in [0.3, 0.4) is 0 Å². The van der Waals surface area contributed by atoms with E-state index in [9.17, 15) is 8.42 Å². The zero-order chi connectivity index (χ0) is 18.3. The first-order valence-corrected chi connectivity index (χ1v) is 11.3. The number of halogens is 1. The van der Waals surface area contributed by atoms with Crippen molar-refractivity contribution < 1.29 is 13.2 Å². The summed E-state index contributed by atoms with van der Waals surface area (Å²) >= 11 is 0. The number of hydrogen-bond donors (Lipinski definition) is 2. The van der Waals surface area contributed by atoms with E-state index in [1.54, 1.807) is 0 Å². The maximum atomic E-state index is 12.4. The summed E-state index contributed by atoms with van der Waals surface area (Å²) in [5, 5.41) is 6.65.